The van der Waals surface area contributed by atoms with E-state index < -0.39 is 0 Å². The molecule has 1 heterocycles. The van der Waals surface area contributed by atoms with Gasteiger partial charge in [0, 0.05) is 6.20 Å². The molecule has 3 nitrogen and oxygen atoms in total. The Hall–Kier alpha value is -1.38. The number of aromatic nitrogens is 1. The summed E-state index contributed by atoms with van der Waals surface area (Å²) in [4.78, 5) is 24.2. The quantitative estimate of drug-likeness (QED) is 0.606. The van der Waals surface area contributed by atoms with E-state index in [-0.39, 0.29) is 16.9 Å². The number of H-pyrrole nitrogens is 1. The average Bonchev–Trinajstić information content (AvgIpc) is 1.94. The van der Waals surface area contributed by atoms with E-state index in [2.05, 4.69) is 4.98 Å². The van der Waals surface area contributed by atoms with Gasteiger partial charge in [-0.15, -0.1) is 0 Å². The second-order valence-electron chi connectivity index (χ2n) is 2.48. The molecule has 0 aliphatic rings. The molecule has 3 heteroatoms. The molecule has 0 unspecified atom stereocenters. The number of aromatic amines is 1. The van der Waals surface area contributed by atoms with Crippen LogP contribution in [-0.2, 0) is 0 Å². The maximum atomic E-state index is 10.9. The average molecular weight is 151 g/mol. The number of ketones is 1. The Bertz CT molecular complexity index is 338. The lowest BCUT2D eigenvalue weighted by Gasteiger charge is -1.94. The van der Waals surface area contributed by atoms with E-state index in [0.717, 1.165) is 5.56 Å². The van der Waals surface area contributed by atoms with E-state index >= 15 is 0 Å². The van der Waals surface area contributed by atoms with Crippen LogP contribution in [0.3, 0.4) is 0 Å². The lowest BCUT2D eigenvalue weighted by Crippen LogP contribution is -2.15. The first kappa shape index (κ1) is 7.72. The number of Topliss-reactive ketones (excluding diaryl/α,β-unsaturated/α-hetero) is 1. The number of hydrogen-bond donors (Lipinski definition) is 1. The zero-order chi connectivity index (χ0) is 8.43. The van der Waals surface area contributed by atoms with Gasteiger partial charge in [-0.1, -0.05) is 0 Å². The summed E-state index contributed by atoms with van der Waals surface area (Å²) in [6.07, 6.45) is 1.58. The molecular formula is C8H9NO2. The number of pyridine rings is 1. The first-order chi connectivity index (χ1) is 5.11. The van der Waals surface area contributed by atoms with E-state index in [1.165, 1.54) is 6.92 Å². The molecule has 0 saturated carbocycles. The van der Waals surface area contributed by atoms with E-state index in [1.54, 1.807) is 12.3 Å². The molecule has 0 bridgehead atoms. The highest BCUT2D eigenvalue weighted by Crippen LogP contribution is 1.96. The largest absolute Gasteiger partial charge is 0.328 e. The summed E-state index contributed by atoms with van der Waals surface area (Å²) in [6.45, 7) is 3.20. The van der Waals surface area contributed by atoms with Crippen molar-refractivity contribution in [2.24, 2.45) is 0 Å². The van der Waals surface area contributed by atoms with Crippen molar-refractivity contribution in [3.63, 3.8) is 0 Å². The maximum Gasteiger partial charge on any atom is 0.258 e. The van der Waals surface area contributed by atoms with Crippen LogP contribution >= 0.6 is 0 Å². The standard InChI is InChI=1S/C8H9NO2/c1-5-3-7(6(2)10)8(11)9-4-5/h3-4H,1-2H3,(H,9,11). The molecule has 58 valence electrons. The lowest BCUT2D eigenvalue weighted by molar-refractivity contribution is 0.101. The molecule has 0 fully saturated rings. The van der Waals surface area contributed by atoms with Crippen LogP contribution in [0.1, 0.15) is 22.8 Å². The molecule has 0 radical (unpaired) electrons. The Labute approximate surface area is 64.1 Å². The van der Waals surface area contributed by atoms with E-state index in [4.69, 9.17) is 0 Å². The molecule has 0 aliphatic carbocycles. The minimum Gasteiger partial charge on any atom is -0.328 e. The molecule has 0 aliphatic heterocycles. The molecule has 0 saturated heterocycles. The van der Waals surface area contributed by atoms with Crippen LogP contribution in [0, 0.1) is 6.92 Å². The van der Waals surface area contributed by atoms with Gasteiger partial charge in [0.05, 0.1) is 5.56 Å². The van der Waals surface area contributed by atoms with Gasteiger partial charge in [0.2, 0.25) is 0 Å². The molecule has 1 aromatic heterocycles. The van der Waals surface area contributed by atoms with Crippen LogP contribution in [0.4, 0.5) is 0 Å². The normalized spacial score (nSPS) is 9.64. The van der Waals surface area contributed by atoms with Crippen molar-refractivity contribution in [1.29, 1.82) is 0 Å². The van der Waals surface area contributed by atoms with Crippen molar-refractivity contribution >= 4 is 5.78 Å². The smallest absolute Gasteiger partial charge is 0.258 e. The first-order valence-electron chi connectivity index (χ1n) is 3.31. The fraction of sp³-hybridized carbons (Fsp3) is 0.250. The highest BCUT2D eigenvalue weighted by molar-refractivity contribution is 5.93. The van der Waals surface area contributed by atoms with Gasteiger partial charge in [-0.3, -0.25) is 9.59 Å². The minimum atomic E-state index is -0.317. The predicted octanol–water partition coefficient (Wildman–Crippen LogP) is 0.886. The van der Waals surface area contributed by atoms with Crippen LogP contribution < -0.4 is 5.56 Å². The third kappa shape index (κ3) is 1.55. The number of aryl methyl sites for hydroxylation is 1. The van der Waals surface area contributed by atoms with Gasteiger partial charge in [-0.2, -0.15) is 0 Å². The van der Waals surface area contributed by atoms with Crippen LogP contribution in [0.2, 0.25) is 0 Å². The second kappa shape index (κ2) is 2.70. The van der Waals surface area contributed by atoms with Crippen LogP contribution in [0.25, 0.3) is 0 Å². The summed E-state index contributed by atoms with van der Waals surface area (Å²) in [6, 6.07) is 1.58. The van der Waals surface area contributed by atoms with Crippen LogP contribution in [-0.4, -0.2) is 10.8 Å². The molecule has 0 atom stereocenters. The van der Waals surface area contributed by atoms with Crippen molar-refractivity contribution in [2.75, 3.05) is 0 Å². The Morgan fingerprint density at radius 2 is 2.18 bits per heavy atom. The topological polar surface area (TPSA) is 49.9 Å². The zero-order valence-electron chi connectivity index (χ0n) is 6.47. The number of nitrogens with one attached hydrogen (secondary N) is 1. The van der Waals surface area contributed by atoms with E-state index in [0.29, 0.717) is 0 Å². The minimum absolute atomic E-state index is 0.199. The van der Waals surface area contributed by atoms with Crippen molar-refractivity contribution in [3.05, 3.63) is 33.7 Å². The molecule has 0 aromatic carbocycles. The number of rotatable bonds is 1. The number of carbonyl (C=O) groups excluding carboxylic acids is 1. The molecule has 1 aromatic rings. The summed E-state index contributed by atoms with van der Waals surface area (Å²) in [7, 11) is 0. The van der Waals surface area contributed by atoms with Gasteiger partial charge in [0.1, 0.15) is 0 Å². The van der Waals surface area contributed by atoms with Crippen LogP contribution in [0.5, 0.6) is 0 Å². The van der Waals surface area contributed by atoms with E-state index in [9.17, 15) is 9.59 Å². The summed E-state index contributed by atoms with van der Waals surface area (Å²) >= 11 is 0. The van der Waals surface area contributed by atoms with Crippen molar-refractivity contribution in [3.8, 4) is 0 Å². The van der Waals surface area contributed by atoms with Gasteiger partial charge in [-0.25, -0.2) is 0 Å². The molecular weight excluding hydrogens is 142 g/mol. The molecule has 11 heavy (non-hydrogen) atoms. The fourth-order valence-electron chi connectivity index (χ4n) is 0.854. The maximum absolute atomic E-state index is 10.9. The van der Waals surface area contributed by atoms with Crippen molar-refractivity contribution < 1.29 is 4.79 Å². The third-order valence-corrected chi connectivity index (χ3v) is 1.43. The predicted molar refractivity (Wildman–Crippen MR) is 41.8 cm³/mol. The van der Waals surface area contributed by atoms with Gasteiger partial charge >= 0.3 is 0 Å². The number of carbonyl (C=O) groups is 1. The van der Waals surface area contributed by atoms with Crippen molar-refractivity contribution in [2.45, 2.75) is 13.8 Å². The Morgan fingerprint density at radius 1 is 1.55 bits per heavy atom. The summed E-state index contributed by atoms with van der Waals surface area (Å²) in [5.41, 5.74) is 0.794. The molecule has 1 rings (SSSR count). The highest BCUT2D eigenvalue weighted by Gasteiger charge is 2.03. The lowest BCUT2D eigenvalue weighted by atomic mass is 10.1. The summed E-state index contributed by atoms with van der Waals surface area (Å²) in [5, 5.41) is 0. The highest BCUT2D eigenvalue weighted by atomic mass is 16.1. The SMILES string of the molecule is CC(=O)c1cc(C)c[nH]c1=O. The van der Waals surface area contributed by atoms with Gasteiger partial charge in [-0.05, 0) is 25.5 Å². The molecule has 1 N–H and O–H groups in total. The molecule has 0 amide bonds. The first-order valence-corrected chi connectivity index (χ1v) is 3.31. The Kier molecular flexibility index (Phi) is 1.89. The second-order valence-corrected chi connectivity index (χ2v) is 2.48. The number of hydrogen-bond acceptors (Lipinski definition) is 2. The monoisotopic (exact) mass is 151 g/mol. The van der Waals surface area contributed by atoms with Gasteiger partial charge in [0.15, 0.2) is 5.78 Å². The fourth-order valence-corrected chi connectivity index (χ4v) is 0.854. The van der Waals surface area contributed by atoms with Crippen LogP contribution in [0.15, 0.2) is 17.1 Å². The van der Waals surface area contributed by atoms with Crippen molar-refractivity contribution in [1.82, 2.24) is 4.98 Å². The summed E-state index contributed by atoms with van der Waals surface area (Å²) in [5.74, 6) is -0.199. The van der Waals surface area contributed by atoms with Gasteiger partial charge in [0.25, 0.3) is 5.56 Å². The Morgan fingerprint density at radius 3 is 2.64 bits per heavy atom. The zero-order valence-corrected chi connectivity index (χ0v) is 6.47. The Balaban J connectivity index is 3.35. The van der Waals surface area contributed by atoms with Gasteiger partial charge < -0.3 is 4.98 Å². The van der Waals surface area contributed by atoms with E-state index in [1.807, 2.05) is 6.92 Å². The third-order valence-electron chi connectivity index (χ3n) is 1.43. The summed E-state index contributed by atoms with van der Waals surface area (Å²) < 4.78 is 0. The molecule has 0 spiro atoms.